The molecule has 0 unspecified atom stereocenters. The number of allylic oxidation sites excluding steroid dienone is 2. The van der Waals surface area contributed by atoms with E-state index in [4.69, 9.17) is 4.84 Å². The second-order valence-corrected chi connectivity index (χ2v) is 8.69. The number of rotatable bonds is 6. The van der Waals surface area contributed by atoms with E-state index in [0.717, 1.165) is 18.4 Å². The van der Waals surface area contributed by atoms with E-state index in [1.807, 2.05) is 59.7 Å². The molecule has 4 nitrogen and oxygen atoms in total. The largest absolute Gasteiger partial charge is 0.398 e. The van der Waals surface area contributed by atoms with E-state index in [1.165, 1.54) is 28.7 Å². The molecule has 5 heteroatoms. The van der Waals surface area contributed by atoms with Crippen LogP contribution in [0, 0.1) is 0 Å². The van der Waals surface area contributed by atoms with Crippen LogP contribution in [0.2, 0.25) is 0 Å². The van der Waals surface area contributed by atoms with Crippen molar-refractivity contribution in [1.29, 1.82) is 0 Å². The minimum Gasteiger partial charge on any atom is -0.398 e. The van der Waals surface area contributed by atoms with Crippen LogP contribution in [0.3, 0.4) is 0 Å². The van der Waals surface area contributed by atoms with Crippen molar-refractivity contribution >= 4 is 23.4 Å². The van der Waals surface area contributed by atoms with Gasteiger partial charge in [-0.25, -0.2) is 0 Å². The summed E-state index contributed by atoms with van der Waals surface area (Å²) in [6, 6.07) is 10.4. The molecular formula is C27H46N2O2S. The van der Waals surface area contributed by atoms with E-state index < -0.39 is 0 Å². The molecule has 0 bridgehead atoms. The van der Waals surface area contributed by atoms with Gasteiger partial charge >= 0.3 is 0 Å². The minimum atomic E-state index is -0.216. The molecule has 0 aromatic heterocycles. The van der Waals surface area contributed by atoms with Crippen molar-refractivity contribution in [3.8, 4) is 0 Å². The second kappa shape index (κ2) is 17.5. The van der Waals surface area contributed by atoms with E-state index in [2.05, 4.69) is 50.3 Å². The fourth-order valence-electron chi connectivity index (χ4n) is 3.14. The number of hydrogen-bond donors (Lipinski definition) is 1. The van der Waals surface area contributed by atoms with Gasteiger partial charge in [-0.3, -0.25) is 4.79 Å². The van der Waals surface area contributed by atoms with Gasteiger partial charge in [0.05, 0.1) is 0 Å². The van der Waals surface area contributed by atoms with Gasteiger partial charge in [0, 0.05) is 16.7 Å². The summed E-state index contributed by atoms with van der Waals surface area (Å²) in [6.45, 7) is 20.7. The number of hydrogen-bond acceptors (Lipinski definition) is 4. The number of nitrogens with zero attached hydrogens (tertiary/aromatic N) is 1. The Hall–Kier alpha value is -2.01. The van der Waals surface area contributed by atoms with E-state index in [9.17, 15) is 4.79 Å². The van der Waals surface area contributed by atoms with Crippen LogP contribution < -0.4 is 5.32 Å². The Morgan fingerprint density at radius 1 is 0.969 bits per heavy atom. The lowest BCUT2D eigenvalue weighted by molar-refractivity contribution is -0.114. The Labute approximate surface area is 202 Å². The molecule has 0 aliphatic heterocycles. The lowest BCUT2D eigenvalue weighted by Gasteiger charge is -2.34. The molecule has 1 aliphatic carbocycles. The number of thioether (sulfide) groups is 1. The average Bonchev–Trinajstić information content (AvgIpc) is 2.83. The molecule has 0 spiro atoms. The Kier molecular flexibility index (Phi) is 17.6. The molecule has 2 rings (SSSR count). The van der Waals surface area contributed by atoms with Crippen LogP contribution in [-0.2, 0) is 9.63 Å². The molecule has 0 saturated carbocycles. The average molecular weight is 463 g/mol. The first-order chi connectivity index (χ1) is 15.3. The van der Waals surface area contributed by atoms with Crippen LogP contribution in [0.25, 0.3) is 0 Å². The van der Waals surface area contributed by atoms with Crippen LogP contribution in [0.1, 0.15) is 82.1 Å². The summed E-state index contributed by atoms with van der Waals surface area (Å²) in [4.78, 5) is 18.6. The van der Waals surface area contributed by atoms with Crippen molar-refractivity contribution in [2.24, 2.45) is 5.16 Å². The molecule has 0 radical (unpaired) electrons. The molecule has 0 atom stereocenters. The van der Waals surface area contributed by atoms with Crippen molar-refractivity contribution in [3.63, 3.8) is 0 Å². The van der Waals surface area contributed by atoms with Gasteiger partial charge in [0.15, 0.2) is 5.71 Å². The third-order valence-electron chi connectivity index (χ3n) is 4.73. The second-order valence-electron chi connectivity index (χ2n) is 7.00. The molecule has 1 aromatic rings. The predicted octanol–water partition coefficient (Wildman–Crippen LogP) is 7.81. The summed E-state index contributed by atoms with van der Waals surface area (Å²) < 4.78 is -0.179. The normalized spacial score (nSPS) is 13.6. The zero-order valence-electron chi connectivity index (χ0n) is 22.5. The molecule has 1 amide bonds. The van der Waals surface area contributed by atoms with Crippen LogP contribution in [-0.4, -0.2) is 30.5 Å². The van der Waals surface area contributed by atoms with Gasteiger partial charge in [0.25, 0.3) is 5.91 Å². The highest BCUT2D eigenvalue weighted by Crippen LogP contribution is 2.45. The number of nitrogens with one attached hydrogen (secondary N) is 1. The molecule has 1 aromatic carbocycles. The highest BCUT2D eigenvalue weighted by Gasteiger charge is 2.33. The monoisotopic (exact) mass is 462 g/mol. The van der Waals surface area contributed by atoms with Gasteiger partial charge in [0.1, 0.15) is 7.11 Å². The van der Waals surface area contributed by atoms with Gasteiger partial charge in [-0.15, -0.1) is 11.8 Å². The third-order valence-corrected chi connectivity index (χ3v) is 5.99. The van der Waals surface area contributed by atoms with Crippen LogP contribution >= 0.6 is 11.8 Å². The van der Waals surface area contributed by atoms with Crippen molar-refractivity contribution in [2.75, 3.05) is 14.2 Å². The van der Waals surface area contributed by atoms with Crippen molar-refractivity contribution in [3.05, 3.63) is 52.6 Å². The molecule has 182 valence electrons. The summed E-state index contributed by atoms with van der Waals surface area (Å²) in [5.41, 5.74) is 5.23. The number of carbonyl (C=O) groups is 1. The van der Waals surface area contributed by atoms with Gasteiger partial charge in [-0.2, -0.15) is 0 Å². The number of amides is 1. The molecule has 0 fully saturated rings. The van der Waals surface area contributed by atoms with Gasteiger partial charge in [-0.1, -0.05) is 76.0 Å². The van der Waals surface area contributed by atoms with Crippen LogP contribution in [0.15, 0.2) is 62.7 Å². The van der Waals surface area contributed by atoms with E-state index in [-0.39, 0.29) is 10.7 Å². The predicted molar refractivity (Wildman–Crippen MR) is 144 cm³/mol. The molecule has 1 N–H and O–H groups in total. The number of oxime groups is 1. The third kappa shape index (κ3) is 9.64. The number of carbonyl (C=O) groups excluding carboxylic acids is 1. The first-order valence-electron chi connectivity index (χ1n) is 11.8. The first-order valence-corrected chi connectivity index (χ1v) is 12.6. The Balaban J connectivity index is 0. The summed E-state index contributed by atoms with van der Waals surface area (Å²) >= 11 is 1.81. The lowest BCUT2D eigenvalue weighted by atomic mass is 9.80. The minimum absolute atomic E-state index is 0.179. The lowest BCUT2D eigenvalue weighted by Crippen LogP contribution is -2.33. The van der Waals surface area contributed by atoms with Crippen LogP contribution in [0.4, 0.5) is 0 Å². The van der Waals surface area contributed by atoms with Crippen LogP contribution in [0.5, 0.6) is 0 Å². The number of benzene rings is 1. The molecule has 0 heterocycles. The zero-order valence-corrected chi connectivity index (χ0v) is 23.3. The summed E-state index contributed by atoms with van der Waals surface area (Å²) in [5.74, 6) is -0.216. The van der Waals surface area contributed by atoms with E-state index in [0.29, 0.717) is 5.71 Å². The fourth-order valence-corrected chi connectivity index (χ4v) is 4.34. The molecule has 32 heavy (non-hydrogen) atoms. The van der Waals surface area contributed by atoms with Crippen molar-refractivity contribution in [2.45, 2.75) is 91.7 Å². The Bertz CT molecular complexity index is 763. The summed E-state index contributed by atoms with van der Waals surface area (Å²) in [7, 11) is 3.10. The molecule has 0 saturated heterocycles. The summed E-state index contributed by atoms with van der Waals surface area (Å²) in [5, 5.41) is 6.75. The SMILES string of the molecule is CC.CC.CC.CNC(=O)/C(=N/OC)C1=C(C(C)(C)Sc2ccccc2)CC(C)=C(C)C1. The topological polar surface area (TPSA) is 50.7 Å². The van der Waals surface area contributed by atoms with Gasteiger partial charge in [-0.05, 0) is 63.8 Å². The smallest absolute Gasteiger partial charge is 0.273 e. The Morgan fingerprint density at radius 3 is 1.94 bits per heavy atom. The highest BCUT2D eigenvalue weighted by molar-refractivity contribution is 8.00. The zero-order chi connectivity index (χ0) is 25.3. The molecule has 1 aliphatic rings. The van der Waals surface area contributed by atoms with Crippen molar-refractivity contribution in [1.82, 2.24) is 5.32 Å². The van der Waals surface area contributed by atoms with Crippen molar-refractivity contribution < 1.29 is 9.63 Å². The van der Waals surface area contributed by atoms with E-state index in [1.54, 1.807) is 18.8 Å². The Morgan fingerprint density at radius 2 is 1.47 bits per heavy atom. The summed E-state index contributed by atoms with van der Waals surface area (Å²) in [6.07, 6.45) is 1.56. The maximum absolute atomic E-state index is 12.4. The van der Waals surface area contributed by atoms with Gasteiger partial charge < -0.3 is 10.2 Å². The fraction of sp³-hybridized carbons (Fsp3) is 0.556. The molecular weight excluding hydrogens is 416 g/mol. The van der Waals surface area contributed by atoms with E-state index >= 15 is 0 Å². The van der Waals surface area contributed by atoms with Gasteiger partial charge in [0.2, 0.25) is 0 Å². The maximum atomic E-state index is 12.4. The first kappa shape index (κ1) is 32.2. The quantitative estimate of drug-likeness (QED) is 0.203. The standard InChI is InChI=1S/C21H28N2O2S.3C2H6/c1-14-12-17(19(23-25-6)20(24)22-5)18(13-15(14)2)21(3,4)26-16-10-8-7-9-11-16;3*1-2/h7-11H,12-13H2,1-6H3,(H,22,24);3*1-2H3/b23-19+;;;. The maximum Gasteiger partial charge on any atom is 0.273 e. The highest BCUT2D eigenvalue weighted by atomic mass is 32.2.